The fourth-order valence-corrected chi connectivity index (χ4v) is 2.84. The van der Waals surface area contributed by atoms with Crippen molar-refractivity contribution in [2.24, 2.45) is 5.92 Å². The van der Waals surface area contributed by atoms with Gasteiger partial charge in [-0.05, 0) is 56.2 Å². The number of esters is 1. The molecule has 7 heteroatoms. The van der Waals surface area contributed by atoms with E-state index in [0.717, 1.165) is 11.1 Å². The van der Waals surface area contributed by atoms with Crippen LogP contribution < -0.4 is 10.1 Å². The lowest BCUT2D eigenvalue weighted by Crippen LogP contribution is -2.35. The Morgan fingerprint density at radius 3 is 2.42 bits per heavy atom. The van der Waals surface area contributed by atoms with Crippen LogP contribution in [0, 0.1) is 11.7 Å². The zero-order chi connectivity index (χ0) is 22.9. The van der Waals surface area contributed by atoms with Gasteiger partial charge in [-0.25, -0.2) is 4.39 Å². The fraction of sp³-hybridized carbons (Fsp3) is 0.417. The van der Waals surface area contributed by atoms with Crippen LogP contribution in [0.1, 0.15) is 38.3 Å². The molecule has 1 amide bonds. The molecule has 0 heterocycles. The summed E-state index contributed by atoms with van der Waals surface area (Å²) in [6.07, 6.45) is 0.410. The van der Waals surface area contributed by atoms with E-state index in [-0.39, 0.29) is 18.8 Å². The lowest BCUT2D eigenvalue weighted by atomic mass is 10.1. The van der Waals surface area contributed by atoms with E-state index in [1.165, 1.54) is 12.1 Å². The smallest absolute Gasteiger partial charge is 0.307 e. The van der Waals surface area contributed by atoms with Crippen molar-refractivity contribution in [3.63, 3.8) is 0 Å². The van der Waals surface area contributed by atoms with Crippen LogP contribution in [-0.2, 0) is 27.3 Å². The van der Waals surface area contributed by atoms with Gasteiger partial charge in [0.2, 0.25) is 5.91 Å². The number of benzene rings is 2. The summed E-state index contributed by atoms with van der Waals surface area (Å²) in [5, 5.41) is 12.2. The van der Waals surface area contributed by atoms with Crippen molar-refractivity contribution >= 4 is 11.9 Å². The molecular formula is C24H30FNO5. The molecule has 6 nitrogen and oxygen atoms in total. The van der Waals surface area contributed by atoms with Crippen molar-refractivity contribution in [1.29, 1.82) is 0 Å². The Bertz CT molecular complexity index is 861. The number of aliphatic hydroxyl groups is 1. The van der Waals surface area contributed by atoms with Crippen LogP contribution in [0.3, 0.4) is 0 Å². The van der Waals surface area contributed by atoms with Gasteiger partial charge in [0.1, 0.15) is 17.2 Å². The Morgan fingerprint density at radius 1 is 1.10 bits per heavy atom. The van der Waals surface area contributed by atoms with Gasteiger partial charge in [0.25, 0.3) is 0 Å². The minimum atomic E-state index is -0.861. The normalized spacial score (nSPS) is 12.2. The molecule has 0 saturated heterocycles. The first kappa shape index (κ1) is 24.3. The molecule has 2 rings (SSSR count). The molecule has 168 valence electrons. The summed E-state index contributed by atoms with van der Waals surface area (Å²) < 4.78 is 24.1. The van der Waals surface area contributed by atoms with Crippen LogP contribution in [0.25, 0.3) is 0 Å². The molecule has 0 fully saturated rings. The molecular weight excluding hydrogens is 401 g/mol. The molecule has 0 aliphatic carbocycles. The monoisotopic (exact) mass is 431 g/mol. The number of halogens is 1. The number of hydrogen-bond donors (Lipinski definition) is 2. The van der Waals surface area contributed by atoms with E-state index >= 15 is 0 Å². The van der Waals surface area contributed by atoms with Gasteiger partial charge in [0.05, 0.1) is 25.6 Å². The molecule has 0 aromatic heterocycles. The molecule has 0 radical (unpaired) electrons. The lowest BCUT2D eigenvalue weighted by Gasteiger charge is -2.21. The predicted octanol–water partition coefficient (Wildman–Crippen LogP) is 3.40. The highest BCUT2D eigenvalue weighted by Crippen LogP contribution is 2.15. The third kappa shape index (κ3) is 9.17. The van der Waals surface area contributed by atoms with Crippen LogP contribution in [0.15, 0.2) is 48.5 Å². The maximum absolute atomic E-state index is 13.2. The largest absolute Gasteiger partial charge is 0.493 e. The second kappa shape index (κ2) is 11.5. The lowest BCUT2D eigenvalue weighted by molar-refractivity contribution is -0.157. The first-order valence-electron chi connectivity index (χ1n) is 10.2. The molecule has 0 bridgehead atoms. The van der Waals surface area contributed by atoms with E-state index < -0.39 is 30.0 Å². The van der Waals surface area contributed by atoms with E-state index in [1.54, 1.807) is 39.0 Å². The highest BCUT2D eigenvalue weighted by atomic mass is 19.1. The van der Waals surface area contributed by atoms with E-state index in [0.29, 0.717) is 18.8 Å². The van der Waals surface area contributed by atoms with Crippen LogP contribution in [0.4, 0.5) is 4.39 Å². The zero-order valence-corrected chi connectivity index (χ0v) is 18.2. The topological polar surface area (TPSA) is 84.9 Å². The van der Waals surface area contributed by atoms with Gasteiger partial charge in [0.15, 0.2) is 0 Å². The van der Waals surface area contributed by atoms with Crippen molar-refractivity contribution in [1.82, 2.24) is 5.32 Å². The van der Waals surface area contributed by atoms with Crippen molar-refractivity contribution in [3.05, 3.63) is 65.5 Å². The average molecular weight is 432 g/mol. The van der Waals surface area contributed by atoms with Gasteiger partial charge >= 0.3 is 5.97 Å². The highest BCUT2D eigenvalue weighted by molar-refractivity contribution is 5.83. The van der Waals surface area contributed by atoms with Gasteiger partial charge in [-0.2, -0.15) is 0 Å². The summed E-state index contributed by atoms with van der Waals surface area (Å²) in [6, 6.07) is 13.6. The molecule has 31 heavy (non-hydrogen) atoms. The van der Waals surface area contributed by atoms with Crippen molar-refractivity contribution in [2.75, 3.05) is 13.2 Å². The molecule has 0 aliphatic rings. The molecule has 0 unspecified atom stereocenters. The van der Waals surface area contributed by atoms with Crippen molar-refractivity contribution in [2.45, 2.75) is 45.8 Å². The van der Waals surface area contributed by atoms with Crippen LogP contribution in [0.5, 0.6) is 5.75 Å². The van der Waals surface area contributed by atoms with Crippen LogP contribution in [0.2, 0.25) is 0 Å². The van der Waals surface area contributed by atoms with E-state index in [4.69, 9.17) is 9.47 Å². The van der Waals surface area contributed by atoms with Crippen molar-refractivity contribution < 1.29 is 28.6 Å². The molecule has 0 spiro atoms. The van der Waals surface area contributed by atoms with E-state index in [2.05, 4.69) is 5.32 Å². The third-order valence-corrected chi connectivity index (χ3v) is 4.36. The molecule has 2 aromatic rings. The van der Waals surface area contributed by atoms with Crippen molar-refractivity contribution in [3.8, 4) is 5.75 Å². The van der Waals surface area contributed by atoms with Gasteiger partial charge in [-0.3, -0.25) is 9.59 Å². The number of hydrogen-bond acceptors (Lipinski definition) is 5. The molecule has 0 saturated carbocycles. The molecule has 2 N–H and O–H groups in total. The minimum Gasteiger partial charge on any atom is -0.493 e. The SMILES string of the molecule is CC(C)(C)OC(=O)C[C@H](CO)C(=O)NCc1ccc(OCCc2cccc(F)c2)cc1. The Balaban J connectivity index is 1.77. The summed E-state index contributed by atoms with van der Waals surface area (Å²) in [4.78, 5) is 24.2. The van der Waals surface area contributed by atoms with E-state index in [1.807, 2.05) is 18.2 Å². The molecule has 0 aliphatic heterocycles. The summed E-state index contributed by atoms with van der Waals surface area (Å²) in [6.45, 7) is 5.47. The second-order valence-electron chi connectivity index (χ2n) is 8.26. The van der Waals surface area contributed by atoms with Gasteiger partial charge < -0.3 is 19.9 Å². The Labute approximate surface area is 182 Å². The second-order valence-corrected chi connectivity index (χ2v) is 8.26. The van der Waals surface area contributed by atoms with Gasteiger partial charge in [-0.15, -0.1) is 0 Å². The quantitative estimate of drug-likeness (QED) is 0.563. The molecule has 2 aromatic carbocycles. The number of amides is 1. The average Bonchev–Trinajstić information content (AvgIpc) is 2.70. The van der Waals surface area contributed by atoms with Crippen LogP contribution >= 0.6 is 0 Å². The number of aliphatic hydroxyl groups excluding tert-OH is 1. The maximum Gasteiger partial charge on any atom is 0.307 e. The van der Waals surface area contributed by atoms with E-state index in [9.17, 15) is 19.1 Å². The highest BCUT2D eigenvalue weighted by Gasteiger charge is 2.24. The first-order valence-corrected chi connectivity index (χ1v) is 10.2. The van der Waals surface area contributed by atoms with Crippen LogP contribution in [-0.4, -0.2) is 35.8 Å². The standard InChI is InChI=1S/C24H30FNO5/c1-24(2,3)31-22(28)14-19(16-27)23(29)26-15-18-7-9-21(10-8-18)30-12-11-17-5-4-6-20(25)13-17/h4-10,13,19,27H,11-12,14-16H2,1-3H3,(H,26,29)/t19-/m1/s1. The Kier molecular flexibility index (Phi) is 9.00. The summed E-state index contributed by atoms with van der Waals surface area (Å²) in [5.74, 6) is -1.39. The first-order chi connectivity index (χ1) is 14.7. The number of carbonyl (C=O) groups excluding carboxylic acids is 2. The predicted molar refractivity (Wildman–Crippen MR) is 115 cm³/mol. The minimum absolute atomic E-state index is 0.183. The zero-order valence-electron chi connectivity index (χ0n) is 18.2. The Morgan fingerprint density at radius 2 is 1.81 bits per heavy atom. The van der Waals surface area contributed by atoms with Gasteiger partial charge in [0, 0.05) is 13.0 Å². The summed E-state index contributed by atoms with van der Waals surface area (Å²) in [7, 11) is 0. The third-order valence-electron chi connectivity index (χ3n) is 4.36. The van der Waals surface area contributed by atoms with Gasteiger partial charge in [-0.1, -0.05) is 24.3 Å². The number of ether oxygens (including phenoxy) is 2. The summed E-state index contributed by atoms with van der Waals surface area (Å²) in [5.41, 5.74) is 1.07. The number of nitrogens with one attached hydrogen (secondary N) is 1. The number of carbonyl (C=O) groups is 2. The fourth-order valence-electron chi connectivity index (χ4n) is 2.84. The summed E-state index contributed by atoms with van der Waals surface area (Å²) >= 11 is 0. The molecule has 1 atom stereocenters. The Hall–Kier alpha value is -2.93. The number of rotatable bonds is 10. The maximum atomic E-state index is 13.2.